The Morgan fingerprint density at radius 3 is 2.94 bits per heavy atom. The van der Waals surface area contributed by atoms with Crippen molar-refractivity contribution in [2.45, 2.75) is 6.42 Å². The molecule has 0 bridgehead atoms. The van der Waals surface area contributed by atoms with Crippen molar-refractivity contribution in [3.8, 4) is 0 Å². The second-order valence-electron chi connectivity index (χ2n) is 4.26. The maximum Gasteiger partial charge on any atom is 0.256 e. The van der Waals surface area contributed by atoms with E-state index in [0.717, 1.165) is 36.0 Å². The molecule has 2 heterocycles. The molecule has 0 saturated carbocycles. The Morgan fingerprint density at radius 1 is 1.24 bits per heavy atom. The summed E-state index contributed by atoms with van der Waals surface area (Å²) < 4.78 is 0. The van der Waals surface area contributed by atoms with Crippen molar-refractivity contribution in [3.05, 3.63) is 48.2 Å². The molecular weight excluding hydrogens is 212 g/mol. The van der Waals surface area contributed by atoms with E-state index in [0.29, 0.717) is 0 Å². The fourth-order valence-electron chi connectivity index (χ4n) is 2.24. The maximum absolute atomic E-state index is 12.3. The SMILES string of the molecule is O=C(c1c[nH]c2ccccc12)N1CC=CCC1. The number of carbonyl (C=O) groups is 1. The molecule has 0 aliphatic carbocycles. The number of nitrogens with zero attached hydrogens (tertiary/aromatic N) is 1. The highest BCUT2D eigenvalue weighted by Crippen LogP contribution is 2.20. The zero-order valence-electron chi connectivity index (χ0n) is 9.52. The zero-order chi connectivity index (χ0) is 11.7. The number of fused-ring (bicyclic) bond motifs is 1. The molecule has 17 heavy (non-hydrogen) atoms. The number of carbonyl (C=O) groups excluding carboxylic acids is 1. The van der Waals surface area contributed by atoms with E-state index >= 15 is 0 Å². The zero-order valence-corrected chi connectivity index (χ0v) is 9.52. The van der Waals surface area contributed by atoms with Crippen molar-refractivity contribution in [2.24, 2.45) is 0 Å². The molecule has 1 aromatic heterocycles. The van der Waals surface area contributed by atoms with Crippen molar-refractivity contribution in [2.75, 3.05) is 13.1 Å². The molecule has 0 fully saturated rings. The molecule has 1 N–H and O–H groups in total. The average molecular weight is 226 g/mol. The van der Waals surface area contributed by atoms with Crippen LogP contribution >= 0.6 is 0 Å². The smallest absolute Gasteiger partial charge is 0.256 e. The van der Waals surface area contributed by atoms with Crippen molar-refractivity contribution in [1.29, 1.82) is 0 Å². The lowest BCUT2D eigenvalue weighted by molar-refractivity contribution is 0.0773. The van der Waals surface area contributed by atoms with E-state index in [1.807, 2.05) is 35.4 Å². The fraction of sp³-hybridized carbons (Fsp3) is 0.214. The third-order valence-corrected chi connectivity index (χ3v) is 3.17. The normalized spacial score (nSPS) is 15.4. The summed E-state index contributed by atoms with van der Waals surface area (Å²) in [4.78, 5) is 17.4. The van der Waals surface area contributed by atoms with Crippen molar-refractivity contribution < 1.29 is 4.79 Å². The standard InChI is InChI=1S/C14H14N2O/c17-14(16-8-4-1-5-9-16)12-10-15-13-7-3-2-6-11(12)13/h1-4,6-7,10,15H,5,8-9H2. The van der Waals surface area contributed by atoms with Crippen LogP contribution in [0.2, 0.25) is 0 Å². The third-order valence-electron chi connectivity index (χ3n) is 3.17. The lowest BCUT2D eigenvalue weighted by Gasteiger charge is -2.23. The molecule has 3 rings (SSSR count). The van der Waals surface area contributed by atoms with E-state index in [1.54, 1.807) is 0 Å². The van der Waals surface area contributed by atoms with Crippen LogP contribution in [0, 0.1) is 0 Å². The van der Waals surface area contributed by atoms with Crippen LogP contribution in [0.15, 0.2) is 42.6 Å². The van der Waals surface area contributed by atoms with Gasteiger partial charge in [0, 0.05) is 30.2 Å². The highest BCUT2D eigenvalue weighted by molar-refractivity contribution is 6.06. The lowest BCUT2D eigenvalue weighted by atomic mass is 10.1. The van der Waals surface area contributed by atoms with Gasteiger partial charge in [0.1, 0.15) is 0 Å². The number of aromatic nitrogens is 1. The van der Waals surface area contributed by atoms with Gasteiger partial charge < -0.3 is 9.88 Å². The van der Waals surface area contributed by atoms with Gasteiger partial charge in [0.15, 0.2) is 0 Å². The number of nitrogens with one attached hydrogen (secondary N) is 1. The van der Waals surface area contributed by atoms with Gasteiger partial charge in [0.2, 0.25) is 0 Å². The molecule has 2 aromatic rings. The number of hydrogen-bond donors (Lipinski definition) is 1. The maximum atomic E-state index is 12.3. The Kier molecular flexibility index (Phi) is 2.44. The first kappa shape index (κ1) is 10.1. The first-order valence-electron chi connectivity index (χ1n) is 5.86. The molecule has 1 aliphatic rings. The predicted molar refractivity (Wildman–Crippen MR) is 68.0 cm³/mol. The van der Waals surface area contributed by atoms with E-state index < -0.39 is 0 Å². The summed E-state index contributed by atoms with van der Waals surface area (Å²) in [5, 5.41) is 1.01. The number of aromatic amines is 1. The molecule has 0 spiro atoms. The van der Waals surface area contributed by atoms with Crippen LogP contribution in [0.1, 0.15) is 16.8 Å². The molecule has 3 nitrogen and oxygen atoms in total. The van der Waals surface area contributed by atoms with Gasteiger partial charge in [0.25, 0.3) is 5.91 Å². The summed E-state index contributed by atoms with van der Waals surface area (Å²) in [6.07, 6.45) is 6.94. The number of rotatable bonds is 1. The van der Waals surface area contributed by atoms with Crippen LogP contribution in [-0.4, -0.2) is 28.9 Å². The molecule has 0 atom stereocenters. The summed E-state index contributed by atoms with van der Waals surface area (Å²) in [5.41, 5.74) is 1.79. The highest BCUT2D eigenvalue weighted by Gasteiger charge is 2.18. The van der Waals surface area contributed by atoms with Crippen LogP contribution in [0.25, 0.3) is 10.9 Å². The minimum absolute atomic E-state index is 0.117. The number of benzene rings is 1. The number of amides is 1. The van der Waals surface area contributed by atoms with Crippen LogP contribution in [-0.2, 0) is 0 Å². The largest absolute Gasteiger partial charge is 0.360 e. The lowest BCUT2D eigenvalue weighted by Crippen LogP contribution is -2.33. The third kappa shape index (κ3) is 1.73. The van der Waals surface area contributed by atoms with E-state index in [1.165, 1.54) is 0 Å². The summed E-state index contributed by atoms with van der Waals surface area (Å²) in [6.45, 7) is 1.53. The summed E-state index contributed by atoms with van der Waals surface area (Å²) >= 11 is 0. The van der Waals surface area contributed by atoms with E-state index in [2.05, 4.69) is 17.1 Å². The van der Waals surface area contributed by atoms with Crippen molar-refractivity contribution in [1.82, 2.24) is 9.88 Å². The Balaban J connectivity index is 1.98. The quantitative estimate of drug-likeness (QED) is 0.745. The number of hydrogen-bond acceptors (Lipinski definition) is 1. The van der Waals surface area contributed by atoms with E-state index in [9.17, 15) is 4.79 Å². The van der Waals surface area contributed by atoms with E-state index in [-0.39, 0.29) is 5.91 Å². The Labute approximate surface area is 99.7 Å². The monoisotopic (exact) mass is 226 g/mol. The molecule has 0 unspecified atom stereocenters. The van der Waals surface area contributed by atoms with Crippen molar-refractivity contribution >= 4 is 16.8 Å². The first-order valence-corrected chi connectivity index (χ1v) is 5.86. The molecule has 1 aromatic carbocycles. The Bertz CT molecular complexity index is 583. The summed E-state index contributed by atoms with van der Waals surface area (Å²) in [7, 11) is 0. The Hall–Kier alpha value is -2.03. The highest BCUT2D eigenvalue weighted by atomic mass is 16.2. The van der Waals surface area contributed by atoms with Gasteiger partial charge in [-0.2, -0.15) is 0 Å². The molecular formula is C14H14N2O. The van der Waals surface area contributed by atoms with E-state index in [4.69, 9.17) is 0 Å². The molecule has 1 aliphatic heterocycles. The summed E-state index contributed by atoms with van der Waals surface area (Å²) in [6, 6.07) is 7.90. The number of para-hydroxylation sites is 1. The fourth-order valence-corrected chi connectivity index (χ4v) is 2.24. The minimum atomic E-state index is 0.117. The van der Waals surface area contributed by atoms with Crippen LogP contribution < -0.4 is 0 Å². The van der Waals surface area contributed by atoms with Crippen LogP contribution in [0.3, 0.4) is 0 Å². The molecule has 0 radical (unpaired) electrons. The van der Waals surface area contributed by atoms with Gasteiger partial charge in [-0.15, -0.1) is 0 Å². The minimum Gasteiger partial charge on any atom is -0.360 e. The van der Waals surface area contributed by atoms with Crippen LogP contribution in [0.5, 0.6) is 0 Å². The van der Waals surface area contributed by atoms with Gasteiger partial charge in [0.05, 0.1) is 5.56 Å². The second-order valence-corrected chi connectivity index (χ2v) is 4.26. The van der Waals surface area contributed by atoms with Gasteiger partial charge in [-0.1, -0.05) is 30.4 Å². The predicted octanol–water partition coefficient (Wildman–Crippen LogP) is 2.57. The topological polar surface area (TPSA) is 36.1 Å². The van der Waals surface area contributed by atoms with Crippen LogP contribution in [0.4, 0.5) is 0 Å². The summed E-state index contributed by atoms with van der Waals surface area (Å²) in [5.74, 6) is 0.117. The first-order chi connectivity index (χ1) is 8.36. The molecule has 1 amide bonds. The number of H-pyrrole nitrogens is 1. The van der Waals surface area contributed by atoms with Gasteiger partial charge >= 0.3 is 0 Å². The molecule has 3 heteroatoms. The van der Waals surface area contributed by atoms with Gasteiger partial charge in [-0.3, -0.25) is 4.79 Å². The molecule has 86 valence electrons. The molecule has 0 saturated heterocycles. The van der Waals surface area contributed by atoms with Gasteiger partial charge in [-0.05, 0) is 12.5 Å². The Morgan fingerprint density at radius 2 is 2.12 bits per heavy atom. The average Bonchev–Trinajstić information content (AvgIpc) is 2.83. The second kappa shape index (κ2) is 4.09. The van der Waals surface area contributed by atoms with Gasteiger partial charge in [-0.25, -0.2) is 0 Å². The van der Waals surface area contributed by atoms with Crippen molar-refractivity contribution in [3.63, 3.8) is 0 Å².